The van der Waals surface area contributed by atoms with Gasteiger partial charge in [0.25, 0.3) is 0 Å². The fraction of sp³-hybridized carbons (Fsp3) is 0.361. The number of hydrogen-bond acceptors (Lipinski definition) is 5. The van der Waals surface area contributed by atoms with Crippen molar-refractivity contribution in [3.63, 3.8) is 0 Å². The molecule has 4 aromatic rings. The SMILES string of the molecule is CCc1nn(CC(=O)N(CC[NH+](CC)CC)Cc2ccc(-c3ccc(C(F)(F)F)cc3)cc2)c(SCc2ccc(OC)cc2)cc1=O. The Balaban J connectivity index is 1.54. The second-order valence-corrected chi connectivity index (χ2v) is 12.2. The van der Waals surface area contributed by atoms with Crippen LogP contribution in [0.1, 0.15) is 43.2 Å². The van der Waals surface area contributed by atoms with Crippen molar-refractivity contribution < 1.29 is 27.6 Å². The van der Waals surface area contributed by atoms with Gasteiger partial charge in [-0.15, -0.1) is 11.8 Å². The van der Waals surface area contributed by atoms with Crippen LogP contribution in [0.4, 0.5) is 13.2 Å². The number of aryl methyl sites for hydroxylation is 1. The van der Waals surface area contributed by atoms with Gasteiger partial charge in [-0.1, -0.05) is 55.5 Å². The molecule has 0 fully saturated rings. The molecule has 1 aromatic heterocycles. The van der Waals surface area contributed by atoms with Gasteiger partial charge in [-0.3, -0.25) is 9.59 Å². The van der Waals surface area contributed by atoms with Gasteiger partial charge in [-0.25, -0.2) is 4.68 Å². The molecule has 0 saturated carbocycles. The van der Waals surface area contributed by atoms with Crippen LogP contribution >= 0.6 is 11.8 Å². The van der Waals surface area contributed by atoms with E-state index >= 15 is 0 Å². The van der Waals surface area contributed by atoms with Crippen molar-refractivity contribution in [2.75, 3.05) is 33.3 Å². The van der Waals surface area contributed by atoms with Crippen molar-refractivity contribution in [3.05, 3.63) is 111 Å². The minimum Gasteiger partial charge on any atom is -0.497 e. The van der Waals surface area contributed by atoms with Gasteiger partial charge in [0.05, 0.1) is 43.9 Å². The number of amides is 1. The number of methoxy groups -OCH3 is 1. The fourth-order valence-electron chi connectivity index (χ4n) is 5.16. The number of alkyl halides is 3. The van der Waals surface area contributed by atoms with Crippen LogP contribution in [-0.2, 0) is 36.2 Å². The molecular weight excluding hydrogens is 625 g/mol. The predicted molar refractivity (Wildman–Crippen MR) is 180 cm³/mol. The molecule has 0 atom stereocenters. The number of hydrogen-bond donors (Lipinski definition) is 1. The number of benzene rings is 3. The Bertz CT molecular complexity index is 1650. The summed E-state index contributed by atoms with van der Waals surface area (Å²) in [6.07, 6.45) is -3.93. The highest BCUT2D eigenvalue weighted by Crippen LogP contribution is 2.31. The maximum absolute atomic E-state index is 14.0. The highest BCUT2D eigenvalue weighted by atomic mass is 32.2. The number of carbonyl (C=O) groups excluding carboxylic acids is 1. The van der Waals surface area contributed by atoms with E-state index in [1.54, 1.807) is 17.9 Å². The summed E-state index contributed by atoms with van der Waals surface area (Å²) >= 11 is 1.45. The second-order valence-electron chi connectivity index (χ2n) is 11.2. The Kier molecular flexibility index (Phi) is 12.7. The molecule has 0 spiro atoms. The third kappa shape index (κ3) is 9.95. The molecule has 11 heteroatoms. The van der Waals surface area contributed by atoms with E-state index in [1.807, 2.05) is 60.4 Å². The highest BCUT2D eigenvalue weighted by molar-refractivity contribution is 7.98. The van der Waals surface area contributed by atoms with E-state index in [-0.39, 0.29) is 17.9 Å². The van der Waals surface area contributed by atoms with Crippen LogP contribution in [0.25, 0.3) is 11.1 Å². The van der Waals surface area contributed by atoms with E-state index in [4.69, 9.17) is 4.74 Å². The molecule has 1 N–H and O–H groups in total. The Morgan fingerprint density at radius 3 is 2.06 bits per heavy atom. The van der Waals surface area contributed by atoms with Gasteiger partial charge < -0.3 is 14.5 Å². The Morgan fingerprint density at radius 1 is 0.915 bits per heavy atom. The molecule has 3 aromatic carbocycles. The summed E-state index contributed by atoms with van der Waals surface area (Å²) in [6, 6.07) is 21.9. The van der Waals surface area contributed by atoms with Crippen LogP contribution in [-0.4, -0.2) is 53.9 Å². The number of nitrogens with one attached hydrogen (secondary N) is 1. The lowest BCUT2D eigenvalue weighted by atomic mass is 10.0. The summed E-state index contributed by atoms with van der Waals surface area (Å²) in [6.45, 7) is 9.64. The summed E-state index contributed by atoms with van der Waals surface area (Å²) in [7, 11) is 1.62. The van der Waals surface area contributed by atoms with Crippen molar-refractivity contribution in [2.45, 2.75) is 57.2 Å². The van der Waals surface area contributed by atoms with Crippen LogP contribution in [0.2, 0.25) is 0 Å². The van der Waals surface area contributed by atoms with Crippen LogP contribution in [0.5, 0.6) is 5.75 Å². The first-order valence-electron chi connectivity index (χ1n) is 15.8. The molecule has 7 nitrogen and oxygen atoms in total. The topological polar surface area (TPSA) is 68.9 Å². The third-order valence-corrected chi connectivity index (χ3v) is 9.26. The summed E-state index contributed by atoms with van der Waals surface area (Å²) in [5.41, 5.74) is 2.99. The Morgan fingerprint density at radius 2 is 1.51 bits per heavy atom. The zero-order chi connectivity index (χ0) is 34.0. The molecule has 0 unspecified atom stereocenters. The van der Waals surface area contributed by atoms with Gasteiger partial charge >= 0.3 is 6.18 Å². The number of carbonyl (C=O) groups is 1. The second kappa shape index (κ2) is 16.6. The standard InChI is InChI=1S/C36H41F3N4O3S/c1-5-32-33(44)22-35(47-25-27-10-18-31(46-4)19-11-27)43(40-32)24-34(45)42(21-20-41(6-2)7-3)23-26-8-12-28(13-9-26)29-14-16-30(17-15-29)36(37,38)39/h8-19,22H,5-7,20-21,23-25H2,1-4H3/p+1. The van der Waals surface area contributed by atoms with Gasteiger partial charge in [-0.05, 0) is 66.8 Å². The van der Waals surface area contributed by atoms with E-state index in [2.05, 4.69) is 18.9 Å². The molecule has 0 aliphatic carbocycles. The normalized spacial score (nSPS) is 11.6. The van der Waals surface area contributed by atoms with Crippen LogP contribution < -0.4 is 15.1 Å². The van der Waals surface area contributed by atoms with E-state index < -0.39 is 11.7 Å². The molecule has 0 aliphatic heterocycles. The van der Waals surface area contributed by atoms with E-state index in [9.17, 15) is 22.8 Å². The highest BCUT2D eigenvalue weighted by Gasteiger charge is 2.30. The van der Waals surface area contributed by atoms with Crippen molar-refractivity contribution in [2.24, 2.45) is 0 Å². The first-order chi connectivity index (χ1) is 22.5. The van der Waals surface area contributed by atoms with E-state index in [0.29, 0.717) is 41.5 Å². The molecule has 0 bridgehead atoms. The molecule has 250 valence electrons. The molecule has 0 aliphatic rings. The van der Waals surface area contributed by atoms with Crippen molar-refractivity contribution >= 4 is 17.7 Å². The summed E-state index contributed by atoms with van der Waals surface area (Å²) in [5, 5.41) is 5.21. The zero-order valence-corrected chi connectivity index (χ0v) is 28.1. The van der Waals surface area contributed by atoms with E-state index in [0.717, 1.165) is 54.2 Å². The molecule has 1 amide bonds. The number of thioether (sulfide) groups is 1. The van der Waals surface area contributed by atoms with Gasteiger partial charge in [0.15, 0.2) is 0 Å². The predicted octanol–water partition coefficient (Wildman–Crippen LogP) is 5.75. The maximum Gasteiger partial charge on any atom is 0.416 e. The number of nitrogens with zero attached hydrogens (tertiary/aromatic N) is 3. The number of aromatic nitrogens is 2. The van der Waals surface area contributed by atoms with Crippen LogP contribution in [0.3, 0.4) is 0 Å². The average molecular weight is 668 g/mol. The molecule has 0 saturated heterocycles. The molecule has 4 rings (SSSR count). The number of ether oxygens (including phenoxy) is 1. The largest absolute Gasteiger partial charge is 0.497 e. The molecule has 1 heterocycles. The number of halogens is 3. The van der Waals surface area contributed by atoms with Gasteiger partial charge in [0, 0.05) is 18.4 Å². The number of quaternary nitrogens is 1. The fourth-order valence-corrected chi connectivity index (χ4v) is 6.11. The molecule has 47 heavy (non-hydrogen) atoms. The third-order valence-electron chi connectivity index (χ3n) is 8.16. The quantitative estimate of drug-likeness (QED) is 0.164. The van der Waals surface area contributed by atoms with Crippen LogP contribution in [0.15, 0.2) is 88.7 Å². The maximum atomic E-state index is 14.0. The minimum atomic E-state index is -4.38. The Hall–Kier alpha value is -4.09. The van der Waals surface area contributed by atoms with Crippen molar-refractivity contribution in [1.82, 2.24) is 14.7 Å². The first kappa shape index (κ1) is 35.8. The molecular formula is C36H42F3N4O3S+. The lowest BCUT2D eigenvalue weighted by Crippen LogP contribution is -3.12. The summed E-state index contributed by atoms with van der Waals surface area (Å²) in [5.74, 6) is 1.23. The lowest BCUT2D eigenvalue weighted by Gasteiger charge is -2.26. The van der Waals surface area contributed by atoms with Crippen LogP contribution in [0, 0.1) is 0 Å². The Labute approximate surface area is 278 Å². The van der Waals surface area contributed by atoms with Gasteiger partial charge in [0.1, 0.15) is 18.0 Å². The van der Waals surface area contributed by atoms with E-state index in [1.165, 1.54) is 28.8 Å². The van der Waals surface area contributed by atoms with Crippen molar-refractivity contribution in [3.8, 4) is 16.9 Å². The number of likely N-dealkylation sites (N-methyl/N-ethyl adjacent to an activating group) is 1. The van der Waals surface area contributed by atoms with Crippen molar-refractivity contribution in [1.29, 1.82) is 0 Å². The van der Waals surface area contributed by atoms with Gasteiger partial charge in [0.2, 0.25) is 11.3 Å². The zero-order valence-electron chi connectivity index (χ0n) is 27.3. The summed E-state index contributed by atoms with van der Waals surface area (Å²) < 4.78 is 45.9. The van der Waals surface area contributed by atoms with Gasteiger partial charge in [-0.2, -0.15) is 18.3 Å². The smallest absolute Gasteiger partial charge is 0.416 e. The average Bonchev–Trinajstić information content (AvgIpc) is 3.08. The molecule has 0 radical (unpaired) electrons. The summed E-state index contributed by atoms with van der Waals surface area (Å²) in [4.78, 5) is 29.9. The monoisotopic (exact) mass is 667 g/mol. The number of rotatable bonds is 15. The minimum absolute atomic E-state index is 0.0184. The lowest BCUT2D eigenvalue weighted by molar-refractivity contribution is -0.895. The first-order valence-corrected chi connectivity index (χ1v) is 16.8.